The minimum atomic E-state index is -1.14. The molecule has 1 saturated heterocycles. The predicted molar refractivity (Wildman–Crippen MR) is 99.0 cm³/mol. The third-order valence-corrected chi connectivity index (χ3v) is 6.67. The fraction of sp³-hybridized carbons (Fsp3) is 0.500. The Morgan fingerprint density at radius 1 is 1.50 bits per heavy atom. The molecular weight excluding hydrogens is 398 g/mol. The van der Waals surface area contributed by atoms with Gasteiger partial charge in [0.15, 0.2) is 5.16 Å². The standard InChI is InChI=1S/C14H17N5O4S3/c1-2-3-15-13(23)17-8-10(20)19-9(12(21)22)7(4-24-11(8)19)5-25-14-16-6-26-18-14/h6,8,11H,2-5H2,1H3,(H,21,22)(H2,15,17,23)/t8?,11-/m0/s1. The van der Waals surface area contributed by atoms with Gasteiger partial charge in [-0.1, -0.05) is 18.7 Å². The number of carboxylic acids is 1. The molecule has 0 spiro atoms. The molecule has 1 unspecified atom stereocenters. The van der Waals surface area contributed by atoms with Gasteiger partial charge in [-0.25, -0.2) is 14.6 Å². The zero-order valence-corrected chi connectivity index (χ0v) is 16.2. The summed E-state index contributed by atoms with van der Waals surface area (Å²) >= 11 is 4.01. The van der Waals surface area contributed by atoms with Crippen LogP contribution in [0.3, 0.4) is 0 Å². The normalized spacial score (nSPS) is 21.9. The fourth-order valence-corrected chi connectivity index (χ4v) is 5.48. The molecule has 0 radical (unpaired) electrons. The summed E-state index contributed by atoms with van der Waals surface area (Å²) in [4.78, 5) is 41.3. The molecule has 12 heteroatoms. The van der Waals surface area contributed by atoms with Crippen LogP contribution >= 0.6 is 35.1 Å². The highest BCUT2D eigenvalue weighted by molar-refractivity contribution is 8.01. The second-order valence-corrected chi connectivity index (χ2v) is 8.20. The van der Waals surface area contributed by atoms with Crippen LogP contribution in [-0.4, -0.2) is 66.7 Å². The first-order valence-corrected chi connectivity index (χ1v) is 10.7. The molecule has 1 aromatic rings. The number of aliphatic carboxylic acids is 1. The summed E-state index contributed by atoms with van der Waals surface area (Å²) in [5, 5.41) is 15.1. The van der Waals surface area contributed by atoms with E-state index in [0.717, 1.165) is 6.42 Å². The van der Waals surface area contributed by atoms with Crippen molar-refractivity contribution >= 4 is 53.0 Å². The molecule has 9 nitrogen and oxygen atoms in total. The van der Waals surface area contributed by atoms with Crippen molar-refractivity contribution in [3.05, 3.63) is 16.8 Å². The summed E-state index contributed by atoms with van der Waals surface area (Å²) < 4.78 is 4.08. The molecule has 0 saturated carbocycles. The van der Waals surface area contributed by atoms with Crippen LogP contribution in [0.25, 0.3) is 0 Å². The quantitative estimate of drug-likeness (QED) is 0.444. The van der Waals surface area contributed by atoms with Crippen molar-refractivity contribution in [1.29, 1.82) is 0 Å². The molecule has 2 aliphatic rings. The maximum absolute atomic E-state index is 12.4. The number of β-lactam (4-membered cyclic amide) rings is 1. The van der Waals surface area contributed by atoms with Crippen LogP contribution in [0.2, 0.25) is 0 Å². The molecule has 1 fully saturated rings. The van der Waals surface area contributed by atoms with E-state index in [2.05, 4.69) is 20.0 Å². The number of urea groups is 1. The SMILES string of the molecule is CCCNC(=O)NC1C(=O)N2C(C(=O)O)=C(CSc3ncsn3)CS[C@@H]12. The van der Waals surface area contributed by atoms with E-state index < -0.39 is 29.3 Å². The van der Waals surface area contributed by atoms with E-state index in [1.54, 1.807) is 5.51 Å². The Kier molecular flexibility index (Phi) is 6.04. The smallest absolute Gasteiger partial charge is 0.352 e. The van der Waals surface area contributed by atoms with Crippen LogP contribution in [0.4, 0.5) is 4.79 Å². The van der Waals surface area contributed by atoms with Crippen LogP contribution in [0.15, 0.2) is 21.9 Å². The van der Waals surface area contributed by atoms with Gasteiger partial charge in [-0.3, -0.25) is 9.69 Å². The van der Waals surface area contributed by atoms with Crippen molar-refractivity contribution in [2.24, 2.45) is 0 Å². The second kappa shape index (κ2) is 8.27. The van der Waals surface area contributed by atoms with E-state index in [9.17, 15) is 19.5 Å². The number of nitrogens with zero attached hydrogens (tertiary/aromatic N) is 3. The average molecular weight is 416 g/mol. The number of carbonyl (C=O) groups excluding carboxylic acids is 2. The lowest BCUT2D eigenvalue weighted by atomic mass is 10.0. The van der Waals surface area contributed by atoms with Gasteiger partial charge in [-0.15, -0.1) is 11.8 Å². The number of nitrogens with one attached hydrogen (secondary N) is 2. The molecule has 26 heavy (non-hydrogen) atoms. The van der Waals surface area contributed by atoms with Crippen molar-refractivity contribution in [1.82, 2.24) is 24.9 Å². The van der Waals surface area contributed by atoms with Crippen LogP contribution in [0.5, 0.6) is 0 Å². The maximum atomic E-state index is 12.4. The third kappa shape index (κ3) is 3.81. The number of fused-ring (bicyclic) bond motifs is 1. The van der Waals surface area contributed by atoms with E-state index in [0.29, 0.717) is 28.8 Å². The van der Waals surface area contributed by atoms with Gasteiger partial charge in [0.25, 0.3) is 5.91 Å². The Morgan fingerprint density at radius 2 is 2.31 bits per heavy atom. The lowest BCUT2D eigenvalue weighted by Gasteiger charge is -2.49. The number of aromatic nitrogens is 2. The predicted octanol–water partition coefficient (Wildman–Crippen LogP) is 0.962. The highest BCUT2D eigenvalue weighted by atomic mass is 32.2. The van der Waals surface area contributed by atoms with Gasteiger partial charge in [0.1, 0.15) is 22.6 Å². The largest absolute Gasteiger partial charge is 0.477 e. The monoisotopic (exact) mass is 415 g/mol. The first kappa shape index (κ1) is 19.0. The topological polar surface area (TPSA) is 125 Å². The summed E-state index contributed by atoms with van der Waals surface area (Å²) in [6, 6.07) is -1.12. The lowest BCUT2D eigenvalue weighted by molar-refractivity contribution is -0.148. The van der Waals surface area contributed by atoms with Gasteiger partial charge in [-0.05, 0) is 23.5 Å². The van der Waals surface area contributed by atoms with E-state index in [-0.39, 0.29) is 5.70 Å². The van der Waals surface area contributed by atoms with Crippen molar-refractivity contribution in [3.8, 4) is 0 Å². The molecule has 3 N–H and O–H groups in total. The van der Waals surface area contributed by atoms with E-state index in [1.807, 2.05) is 6.92 Å². The van der Waals surface area contributed by atoms with Crippen molar-refractivity contribution in [2.75, 3.05) is 18.1 Å². The zero-order chi connectivity index (χ0) is 18.7. The first-order chi connectivity index (χ1) is 12.5. The minimum Gasteiger partial charge on any atom is -0.477 e. The van der Waals surface area contributed by atoms with Crippen molar-refractivity contribution in [2.45, 2.75) is 29.9 Å². The van der Waals surface area contributed by atoms with Crippen molar-refractivity contribution < 1.29 is 19.5 Å². The summed E-state index contributed by atoms with van der Waals surface area (Å²) in [5.74, 6) is -0.668. The Labute approximate surface area is 162 Å². The number of hydrogen-bond donors (Lipinski definition) is 3. The molecule has 0 bridgehead atoms. The summed E-state index contributed by atoms with van der Waals surface area (Å²) in [7, 11) is 0. The number of hydrogen-bond acceptors (Lipinski definition) is 8. The van der Waals surface area contributed by atoms with Gasteiger partial charge in [0.05, 0.1) is 0 Å². The van der Waals surface area contributed by atoms with Gasteiger partial charge in [0, 0.05) is 18.1 Å². The molecular formula is C14H17N5O4S3. The summed E-state index contributed by atoms with van der Waals surface area (Å²) in [5.41, 5.74) is 2.27. The Bertz CT molecular complexity index is 739. The lowest BCUT2D eigenvalue weighted by Crippen LogP contribution is -2.71. The van der Waals surface area contributed by atoms with E-state index >= 15 is 0 Å². The maximum Gasteiger partial charge on any atom is 0.352 e. The van der Waals surface area contributed by atoms with Gasteiger partial charge in [0.2, 0.25) is 0 Å². The van der Waals surface area contributed by atoms with Crippen molar-refractivity contribution in [3.63, 3.8) is 0 Å². The van der Waals surface area contributed by atoms with Gasteiger partial charge in [-0.2, -0.15) is 4.37 Å². The number of carbonyl (C=O) groups is 3. The summed E-state index contributed by atoms with van der Waals surface area (Å²) in [6.07, 6.45) is 0.789. The highest BCUT2D eigenvalue weighted by Crippen LogP contribution is 2.41. The zero-order valence-electron chi connectivity index (χ0n) is 13.8. The number of carboxylic acid groups (broad SMARTS) is 1. The Morgan fingerprint density at radius 3 is 2.96 bits per heavy atom. The summed E-state index contributed by atoms with van der Waals surface area (Å²) in [6.45, 7) is 2.44. The minimum absolute atomic E-state index is 0.00787. The van der Waals surface area contributed by atoms with Gasteiger partial charge >= 0.3 is 12.0 Å². The number of amides is 3. The van der Waals surface area contributed by atoms with E-state index in [1.165, 1.54) is 40.0 Å². The van der Waals surface area contributed by atoms with Crippen LogP contribution in [0, 0.1) is 0 Å². The first-order valence-electron chi connectivity index (χ1n) is 7.86. The number of rotatable bonds is 7. The second-order valence-electron chi connectivity index (χ2n) is 5.55. The molecule has 3 amide bonds. The van der Waals surface area contributed by atoms with Crippen LogP contribution in [0.1, 0.15) is 13.3 Å². The van der Waals surface area contributed by atoms with Crippen LogP contribution in [-0.2, 0) is 9.59 Å². The Hall–Kier alpha value is -1.79. The highest BCUT2D eigenvalue weighted by Gasteiger charge is 2.54. The van der Waals surface area contributed by atoms with Crippen LogP contribution < -0.4 is 10.6 Å². The average Bonchev–Trinajstić information content (AvgIpc) is 3.15. The molecule has 0 aliphatic carbocycles. The molecule has 0 aromatic carbocycles. The molecule has 3 heterocycles. The fourth-order valence-electron chi connectivity index (χ4n) is 2.60. The van der Waals surface area contributed by atoms with Gasteiger partial charge < -0.3 is 15.7 Å². The Balaban J connectivity index is 1.69. The number of thioether (sulfide) groups is 2. The molecule has 2 aliphatic heterocycles. The molecule has 1 aromatic heterocycles. The van der Waals surface area contributed by atoms with E-state index in [4.69, 9.17) is 0 Å². The molecule has 2 atom stereocenters. The molecule has 140 valence electrons. The molecule has 3 rings (SSSR count). The third-order valence-electron chi connectivity index (χ3n) is 3.79.